The first-order valence-corrected chi connectivity index (χ1v) is 8.31. The van der Waals surface area contributed by atoms with E-state index in [9.17, 15) is 4.79 Å². The number of hydrogen-bond acceptors (Lipinski definition) is 4. The van der Waals surface area contributed by atoms with Gasteiger partial charge in [-0.2, -0.15) is 0 Å². The fraction of sp³-hybridized carbons (Fsp3) is 0.278. The van der Waals surface area contributed by atoms with Crippen LogP contribution in [0.5, 0.6) is 11.5 Å². The lowest BCUT2D eigenvalue weighted by Crippen LogP contribution is -2.33. The second kappa shape index (κ2) is 9.51. The minimum absolute atomic E-state index is 0.163. The van der Waals surface area contributed by atoms with Crippen molar-refractivity contribution in [3.8, 4) is 11.5 Å². The third-order valence-electron chi connectivity index (χ3n) is 3.51. The predicted molar refractivity (Wildman–Crippen MR) is 97.7 cm³/mol. The lowest BCUT2D eigenvalue weighted by molar-refractivity contribution is -0.123. The molecule has 0 aromatic heterocycles. The van der Waals surface area contributed by atoms with Gasteiger partial charge < -0.3 is 19.5 Å². The number of amides is 1. The van der Waals surface area contributed by atoms with E-state index in [-0.39, 0.29) is 25.2 Å². The van der Waals surface area contributed by atoms with Gasteiger partial charge >= 0.3 is 0 Å². The zero-order valence-corrected chi connectivity index (χ0v) is 15.4. The molecule has 0 bridgehead atoms. The quantitative estimate of drug-likeness (QED) is 0.751. The molecular weight excluding hydrogens is 365 g/mol. The lowest BCUT2D eigenvalue weighted by Gasteiger charge is -2.19. The number of carbonyl (C=O) groups is 1. The van der Waals surface area contributed by atoms with Crippen LogP contribution in [0.25, 0.3) is 0 Å². The molecular formula is C18H19Cl2NO4. The summed E-state index contributed by atoms with van der Waals surface area (Å²) in [5.41, 5.74) is 0.856. The molecule has 0 fully saturated rings. The van der Waals surface area contributed by atoms with Crippen molar-refractivity contribution in [2.75, 3.05) is 27.4 Å². The van der Waals surface area contributed by atoms with Gasteiger partial charge in [0.05, 0.1) is 12.1 Å². The molecule has 1 amide bonds. The van der Waals surface area contributed by atoms with Crippen LogP contribution in [-0.4, -0.2) is 33.3 Å². The van der Waals surface area contributed by atoms with Gasteiger partial charge in [-0.25, -0.2) is 0 Å². The molecule has 7 heteroatoms. The van der Waals surface area contributed by atoms with E-state index in [0.29, 0.717) is 21.5 Å². The number of methoxy groups -OCH3 is 2. The van der Waals surface area contributed by atoms with E-state index in [1.807, 2.05) is 24.3 Å². The highest BCUT2D eigenvalue weighted by atomic mass is 35.5. The second-order valence-electron chi connectivity index (χ2n) is 5.13. The molecule has 1 N–H and O–H groups in total. The standard InChI is InChI=1S/C18H19Cl2NO4/c1-23-15-6-4-3-5-13(15)17(24-2)10-21-18(22)11-25-16-8-7-12(19)9-14(16)20/h3-9,17H,10-11H2,1-2H3,(H,21,22). The third kappa shape index (κ3) is 5.53. The van der Waals surface area contributed by atoms with Crippen LogP contribution in [0.15, 0.2) is 42.5 Å². The first-order valence-electron chi connectivity index (χ1n) is 7.55. The minimum atomic E-state index is -0.334. The molecule has 0 aliphatic heterocycles. The van der Waals surface area contributed by atoms with Crippen LogP contribution in [0.4, 0.5) is 0 Å². The van der Waals surface area contributed by atoms with E-state index in [2.05, 4.69) is 5.32 Å². The maximum Gasteiger partial charge on any atom is 0.258 e. The van der Waals surface area contributed by atoms with Gasteiger partial charge in [0.25, 0.3) is 5.91 Å². The van der Waals surface area contributed by atoms with Crippen molar-refractivity contribution in [2.24, 2.45) is 0 Å². The lowest BCUT2D eigenvalue weighted by atomic mass is 10.1. The van der Waals surface area contributed by atoms with Crippen LogP contribution < -0.4 is 14.8 Å². The molecule has 0 saturated heterocycles. The summed E-state index contributed by atoms with van der Waals surface area (Å²) in [4.78, 5) is 12.0. The fourth-order valence-electron chi connectivity index (χ4n) is 2.25. The fourth-order valence-corrected chi connectivity index (χ4v) is 2.71. The summed E-state index contributed by atoms with van der Waals surface area (Å²) >= 11 is 11.8. The van der Waals surface area contributed by atoms with Crippen molar-refractivity contribution in [3.63, 3.8) is 0 Å². The second-order valence-corrected chi connectivity index (χ2v) is 5.98. The average molecular weight is 384 g/mol. The van der Waals surface area contributed by atoms with Crippen molar-refractivity contribution in [1.29, 1.82) is 0 Å². The molecule has 2 rings (SSSR count). The topological polar surface area (TPSA) is 56.8 Å². The Morgan fingerprint density at radius 1 is 1.12 bits per heavy atom. The van der Waals surface area contributed by atoms with E-state index in [4.69, 9.17) is 37.4 Å². The number of benzene rings is 2. The van der Waals surface area contributed by atoms with Crippen molar-refractivity contribution >= 4 is 29.1 Å². The van der Waals surface area contributed by atoms with Gasteiger partial charge in [-0.05, 0) is 24.3 Å². The van der Waals surface area contributed by atoms with E-state index in [1.54, 1.807) is 32.4 Å². The summed E-state index contributed by atoms with van der Waals surface area (Å²) in [6.45, 7) is 0.122. The van der Waals surface area contributed by atoms with Crippen molar-refractivity contribution in [3.05, 3.63) is 58.1 Å². The van der Waals surface area contributed by atoms with Gasteiger partial charge in [0.15, 0.2) is 6.61 Å². The highest BCUT2D eigenvalue weighted by Crippen LogP contribution is 2.28. The normalized spacial score (nSPS) is 11.7. The first kappa shape index (κ1) is 19.4. The van der Waals surface area contributed by atoms with E-state index in [1.165, 1.54) is 0 Å². The molecule has 0 aliphatic carbocycles. The molecule has 0 aliphatic rings. The summed E-state index contributed by atoms with van der Waals surface area (Å²) in [6.07, 6.45) is -0.334. The molecule has 2 aromatic rings. The van der Waals surface area contributed by atoms with Crippen LogP contribution in [-0.2, 0) is 9.53 Å². The minimum Gasteiger partial charge on any atom is -0.496 e. The van der Waals surface area contributed by atoms with Gasteiger partial charge in [-0.3, -0.25) is 4.79 Å². The molecule has 2 aromatic carbocycles. The number of halogens is 2. The molecule has 25 heavy (non-hydrogen) atoms. The molecule has 1 unspecified atom stereocenters. The Bertz CT molecular complexity index is 724. The van der Waals surface area contributed by atoms with Crippen molar-refractivity contribution in [2.45, 2.75) is 6.10 Å². The van der Waals surface area contributed by atoms with Crippen molar-refractivity contribution in [1.82, 2.24) is 5.32 Å². The largest absolute Gasteiger partial charge is 0.496 e. The Kier molecular flexibility index (Phi) is 7.37. The SMILES string of the molecule is COc1ccccc1C(CNC(=O)COc1ccc(Cl)cc1Cl)OC. The van der Waals surface area contributed by atoms with Crippen molar-refractivity contribution < 1.29 is 19.0 Å². The Balaban J connectivity index is 1.89. The molecule has 1 atom stereocenters. The summed E-state index contributed by atoms with van der Waals surface area (Å²) in [6, 6.07) is 12.3. The molecule has 5 nitrogen and oxygen atoms in total. The number of carbonyl (C=O) groups excluding carboxylic acids is 1. The highest BCUT2D eigenvalue weighted by Gasteiger charge is 2.16. The smallest absolute Gasteiger partial charge is 0.258 e. The number of nitrogens with one attached hydrogen (secondary N) is 1. The number of rotatable bonds is 8. The Morgan fingerprint density at radius 2 is 1.88 bits per heavy atom. The Morgan fingerprint density at radius 3 is 2.56 bits per heavy atom. The van der Waals surface area contributed by atoms with Crippen LogP contribution in [0.1, 0.15) is 11.7 Å². The molecule has 0 heterocycles. The number of para-hydroxylation sites is 1. The zero-order chi connectivity index (χ0) is 18.2. The molecule has 134 valence electrons. The van der Waals surface area contributed by atoms with E-state index >= 15 is 0 Å². The summed E-state index contributed by atoms with van der Waals surface area (Å²) in [5.74, 6) is 0.810. The Hall–Kier alpha value is -1.95. The summed E-state index contributed by atoms with van der Waals surface area (Å²) in [5, 5.41) is 3.62. The van der Waals surface area contributed by atoms with Crippen LogP contribution >= 0.6 is 23.2 Å². The van der Waals surface area contributed by atoms with E-state index in [0.717, 1.165) is 5.56 Å². The van der Waals surface area contributed by atoms with E-state index < -0.39 is 0 Å². The zero-order valence-electron chi connectivity index (χ0n) is 13.9. The predicted octanol–water partition coefficient (Wildman–Crippen LogP) is 3.88. The van der Waals surface area contributed by atoms with Crippen LogP contribution in [0.3, 0.4) is 0 Å². The molecule has 0 spiro atoms. The average Bonchev–Trinajstić information content (AvgIpc) is 2.62. The summed E-state index contributed by atoms with van der Waals surface area (Å²) in [7, 11) is 3.17. The summed E-state index contributed by atoms with van der Waals surface area (Å²) < 4.78 is 16.2. The maximum atomic E-state index is 12.0. The highest BCUT2D eigenvalue weighted by molar-refractivity contribution is 6.35. The van der Waals surface area contributed by atoms with Gasteiger partial charge in [0.1, 0.15) is 17.6 Å². The van der Waals surface area contributed by atoms with Gasteiger partial charge in [0.2, 0.25) is 0 Å². The van der Waals surface area contributed by atoms with Crippen LogP contribution in [0, 0.1) is 0 Å². The first-order chi connectivity index (χ1) is 12.0. The number of ether oxygens (including phenoxy) is 3. The molecule has 0 saturated carbocycles. The Labute approximate surface area is 156 Å². The van der Waals surface area contributed by atoms with Gasteiger partial charge in [-0.15, -0.1) is 0 Å². The maximum absolute atomic E-state index is 12.0. The number of hydrogen-bond donors (Lipinski definition) is 1. The monoisotopic (exact) mass is 383 g/mol. The molecule has 0 radical (unpaired) electrons. The third-order valence-corrected chi connectivity index (χ3v) is 4.04. The van der Waals surface area contributed by atoms with Gasteiger partial charge in [0, 0.05) is 24.2 Å². The van der Waals surface area contributed by atoms with Crippen LogP contribution in [0.2, 0.25) is 10.0 Å². The van der Waals surface area contributed by atoms with Gasteiger partial charge in [-0.1, -0.05) is 41.4 Å².